The number of hydrogen-bond donors (Lipinski definition) is 4. The molecule has 2 aliphatic rings. The number of carbonyl (C=O) groups excluding carboxylic acids is 1. The minimum absolute atomic E-state index is 0.00281. The summed E-state index contributed by atoms with van der Waals surface area (Å²) in [6.07, 6.45) is 11.2. The van der Waals surface area contributed by atoms with Crippen LogP contribution in [0.3, 0.4) is 0 Å². The number of allylic oxidation sites excluding steroid dienone is 6. The average molecular weight is 831 g/mol. The molecule has 306 valence electrons. The molecule has 16 nitrogen and oxygen atoms in total. The molecule has 0 saturated heterocycles. The lowest BCUT2D eigenvalue weighted by atomic mass is 9.76. The van der Waals surface area contributed by atoms with Crippen molar-refractivity contribution in [2.75, 3.05) is 31.2 Å². The van der Waals surface area contributed by atoms with E-state index in [1.165, 1.54) is 12.1 Å². The first-order valence-corrected chi connectivity index (χ1v) is 22.6. The zero-order chi connectivity index (χ0) is 41.2. The smallest absolute Gasteiger partial charge is 0.305 e. The molecule has 0 aromatic heterocycles. The number of benzene rings is 1. The fourth-order valence-electron chi connectivity index (χ4n) is 6.93. The lowest BCUT2D eigenvalue weighted by Crippen LogP contribution is -2.32. The van der Waals surface area contributed by atoms with E-state index in [1.54, 1.807) is 48.4 Å². The highest BCUT2D eigenvalue weighted by molar-refractivity contribution is 7.86. The first-order chi connectivity index (χ1) is 25.5. The number of unbranched alkanes of at least 4 members (excludes halogenated alkanes) is 2. The highest BCUT2D eigenvalue weighted by Crippen LogP contribution is 2.45. The van der Waals surface area contributed by atoms with E-state index < -0.39 is 58.7 Å². The van der Waals surface area contributed by atoms with Crippen LogP contribution in [-0.4, -0.2) is 108 Å². The van der Waals surface area contributed by atoms with Gasteiger partial charge in [-0.05, 0) is 84.4 Å². The van der Waals surface area contributed by atoms with Gasteiger partial charge in [0.15, 0.2) is 5.71 Å². The Balaban J connectivity index is 2.06. The van der Waals surface area contributed by atoms with Crippen molar-refractivity contribution in [2.45, 2.75) is 95.8 Å². The Bertz CT molecular complexity index is 2090. The molecule has 1 aromatic carbocycles. The van der Waals surface area contributed by atoms with Crippen molar-refractivity contribution in [1.82, 2.24) is 5.01 Å². The summed E-state index contributed by atoms with van der Waals surface area (Å²) < 4.78 is 106. The summed E-state index contributed by atoms with van der Waals surface area (Å²) in [5.74, 6) is -2.28. The van der Waals surface area contributed by atoms with Gasteiger partial charge in [-0.3, -0.25) is 28.3 Å². The van der Waals surface area contributed by atoms with Crippen molar-refractivity contribution < 1.29 is 62.9 Å². The van der Waals surface area contributed by atoms with Gasteiger partial charge in [-0.15, -0.1) is 0 Å². The zero-order valence-electron chi connectivity index (χ0n) is 31.5. The SMILES string of the molecule is CCOC(=O)CCC1(C)C(C)=NN(CCCS(=O)(=O)O)\C1=C/C=C/C=C/C1=[N+](CCCCCC(=O)O)c2ccc(S(=O)(=O)O)cc2C1(C)CCCS(=O)(=O)O. The summed E-state index contributed by atoms with van der Waals surface area (Å²) in [5.41, 5.74) is 1.50. The van der Waals surface area contributed by atoms with Crippen molar-refractivity contribution in [1.29, 1.82) is 0 Å². The summed E-state index contributed by atoms with van der Waals surface area (Å²) in [5, 5.41) is 15.4. The third-order valence-corrected chi connectivity index (χ3v) is 12.4. The normalized spacial score (nSPS) is 21.3. The summed E-state index contributed by atoms with van der Waals surface area (Å²) in [6, 6.07) is 4.19. The van der Waals surface area contributed by atoms with E-state index in [4.69, 9.17) is 9.84 Å². The summed E-state index contributed by atoms with van der Waals surface area (Å²) >= 11 is 0. The Morgan fingerprint density at radius 3 is 2.16 bits per heavy atom. The quantitative estimate of drug-likeness (QED) is 0.0399. The third-order valence-electron chi connectivity index (χ3n) is 9.91. The molecular formula is C36H52N3O13S3+. The molecule has 0 radical (unpaired) electrons. The van der Waals surface area contributed by atoms with Crippen molar-refractivity contribution in [2.24, 2.45) is 10.5 Å². The van der Waals surface area contributed by atoms with E-state index in [9.17, 15) is 48.5 Å². The van der Waals surface area contributed by atoms with Crippen LogP contribution in [0.2, 0.25) is 0 Å². The first-order valence-electron chi connectivity index (χ1n) is 18.0. The lowest BCUT2D eigenvalue weighted by Gasteiger charge is -2.29. The number of fused-ring (bicyclic) bond motifs is 1. The van der Waals surface area contributed by atoms with Crippen LogP contribution < -0.4 is 0 Å². The van der Waals surface area contributed by atoms with Gasteiger partial charge in [0.2, 0.25) is 5.69 Å². The second-order valence-corrected chi connectivity index (χ2v) is 18.6. The monoisotopic (exact) mass is 830 g/mol. The molecule has 55 heavy (non-hydrogen) atoms. The second-order valence-electron chi connectivity index (χ2n) is 14.0. The van der Waals surface area contributed by atoms with Gasteiger partial charge in [0.25, 0.3) is 30.4 Å². The molecule has 2 atom stereocenters. The van der Waals surface area contributed by atoms with E-state index in [0.717, 1.165) is 0 Å². The number of aliphatic carboxylic acids is 1. The summed E-state index contributed by atoms with van der Waals surface area (Å²) in [6.45, 7) is 8.08. The molecule has 0 fully saturated rings. The fourth-order valence-corrected chi connectivity index (χ4v) is 8.44. The predicted molar refractivity (Wildman–Crippen MR) is 206 cm³/mol. The molecule has 3 rings (SSSR count). The number of rotatable bonds is 22. The Hall–Kier alpha value is -3.75. The van der Waals surface area contributed by atoms with Crippen LogP contribution in [0.15, 0.2) is 64.3 Å². The number of hydrogen-bond acceptors (Lipinski definition) is 11. The van der Waals surface area contributed by atoms with Crippen LogP contribution in [0.4, 0.5) is 5.69 Å². The molecule has 2 aliphatic heterocycles. The van der Waals surface area contributed by atoms with E-state index in [1.807, 2.05) is 25.3 Å². The third kappa shape index (κ3) is 12.9. The highest BCUT2D eigenvalue weighted by Gasteiger charge is 2.48. The number of carboxylic acids is 1. The summed E-state index contributed by atoms with van der Waals surface area (Å²) in [7, 11) is -13.1. The van der Waals surface area contributed by atoms with Crippen molar-refractivity contribution >= 4 is 59.4 Å². The molecule has 2 unspecified atom stereocenters. The predicted octanol–water partition coefficient (Wildman–Crippen LogP) is 4.92. The molecule has 2 heterocycles. The number of carboxylic acid groups (broad SMARTS) is 1. The minimum atomic E-state index is -4.60. The van der Waals surface area contributed by atoms with Crippen LogP contribution in [0, 0.1) is 5.41 Å². The van der Waals surface area contributed by atoms with Crippen LogP contribution in [0.25, 0.3) is 0 Å². The van der Waals surface area contributed by atoms with Gasteiger partial charge in [0.05, 0.1) is 28.4 Å². The van der Waals surface area contributed by atoms with Gasteiger partial charge in [-0.1, -0.05) is 18.2 Å². The van der Waals surface area contributed by atoms with E-state index >= 15 is 0 Å². The number of nitrogens with zero attached hydrogens (tertiary/aromatic N) is 3. The minimum Gasteiger partial charge on any atom is -0.481 e. The number of ether oxygens (including phenoxy) is 1. The Morgan fingerprint density at radius 1 is 0.873 bits per heavy atom. The van der Waals surface area contributed by atoms with Gasteiger partial charge in [-0.25, -0.2) is 0 Å². The Labute approximate surface area is 323 Å². The molecule has 1 aromatic rings. The molecule has 0 saturated carbocycles. The topological polar surface area (TPSA) is 245 Å². The average Bonchev–Trinajstić information content (AvgIpc) is 3.43. The van der Waals surface area contributed by atoms with Gasteiger partial charge < -0.3 is 9.84 Å². The van der Waals surface area contributed by atoms with E-state index in [0.29, 0.717) is 60.6 Å². The lowest BCUT2D eigenvalue weighted by molar-refractivity contribution is -0.438. The van der Waals surface area contributed by atoms with Crippen LogP contribution >= 0.6 is 0 Å². The molecule has 0 aliphatic carbocycles. The van der Waals surface area contributed by atoms with Crippen molar-refractivity contribution in [3.63, 3.8) is 0 Å². The number of hydrazone groups is 1. The van der Waals surface area contributed by atoms with Crippen LogP contribution in [-0.2, 0) is 50.1 Å². The molecule has 19 heteroatoms. The van der Waals surface area contributed by atoms with Gasteiger partial charge in [-0.2, -0.15) is 34.9 Å². The van der Waals surface area contributed by atoms with Crippen molar-refractivity contribution in [3.8, 4) is 0 Å². The molecule has 0 bridgehead atoms. The van der Waals surface area contributed by atoms with Crippen LogP contribution in [0.5, 0.6) is 0 Å². The van der Waals surface area contributed by atoms with Gasteiger partial charge in [0.1, 0.15) is 6.54 Å². The molecule has 0 spiro atoms. The second kappa shape index (κ2) is 18.9. The number of carbonyl (C=O) groups is 2. The van der Waals surface area contributed by atoms with Gasteiger partial charge >= 0.3 is 11.9 Å². The highest BCUT2D eigenvalue weighted by atomic mass is 32.2. The fraction of sp³-hybridized carbons (Fsp3) is 0.556. The number of esters is 1. The molecular weight excluding hydrogens is 779 g/mol. The largest absolute Gasteiger partial charge is 0.481 e. The maximum absolute atomic E-state index is 12.3. The Kier molecular flexibility index (Phi) is 15.7. The molecule has 0 amide bonds. The maximum atomic E-state index is 12.3. The summed E-state index contributed by atoms with van der Waals surface area (Å²) in [4.78, 5) is 23.0. The maximum Gasteiger partial charge on any atom is 0.305 e. The van der Waals surface area contributed by atoms with Crippen molar-refractivity contribution in [3.05, 3.63) is 59.8 Å². The van der Waals surface area contributed by atoms with E-state index in [2.05, 4.69) is 5.10 Å². The first kappa shape index (κ1) is 45.6. The van der Waals surface area contributed by atoms with E-state index in [-0.39, 0.29) is 56.1 Å². The standard InChI is InChI=1S/C36H51N3O13S3/c1-5-52-34(42)19-21-35(3)27(2)37-39(23-13-25-54(46,47)48)32(35)15-9-6-8-14-31-36(4,20-12-24-53(43,44)45)29-26-28(55(49,50)51)17-18-30(29)38(31)22-11-7-10-16-33(40)41/h6,8-9,14-15,17-18,26H,5,7,10-13,16,19-25H2,1-4H3,(H3-,40,41,43,44,45,46,47,48,49,50,51)/p+1. The molecule has 4 N–H and O–H groups in total. The van der Waals surface area contributed by atoms with Crippen LogP contribution in [0.1, 0.15) is 91.0 Å². The Morgan fingerprint density at radius 2 is 1.55 bits per heavy atom. The van der Waals surface area contributed by atoms with Gasteiger partial charge in [0, 0.05) is 60.3 Å². The zero-order valence-corrected chi connectivity index (χ0v) is 34.0.